The number of rotatable bonds is 4. The lowest BCUT2D eigenvalue weighted by Crippen LogP contribution is -2.31. The van der Waals surface area contributed by atoms with Crippen molar-refractivity contribution in [3.63, 3.8) is 0 Å². The molecule has 0 fully saturated rings. The summed E-state index contributed by atoms with van der Waals surface area (Å²) in [5, 5.41) is 2.30. The van der Waals surface area contributed by atoms with Crippen molar-refractivity contribution in [1.82, 2.24) is 9.78 Å². The fourth-order valence-corrected chi connectivity index (χ4v) is 2.56. The normalized spacial score (nSPS) is 11.4. The molecule has 1 N–H and O–H groups in total. The topological polar surface area (TPSA) is 81.2 Å². The van der Waals surface area contributed by atoms with Crippen LogP contribution in [0.1, 0.15) is 43.0 Å². The Morgan fingerprint density at radius 2 is 1.72 bits per heavy atom. The second-order valence-corrected chi connectivity index (χ2v) is 7.23. The van der Waals surface area contributed by atoms with Crippen LogP contribution in [0.15, 0.2) is 33.9 Å². The fraction of sp³-hybridized carbons (Fsp3) is 0.421. The quantitative estimate of drug-likeness (QED) is 0.862. The minimum Gasteiger partial charge on any atom is -0.459 e. The number of nitrogens with one attached hydrogen (secondary N) is 1. The lowest BCUT2D eigenvalue weighted by Gasteiger charge is -2.22. The zero-order valence-corrected chi connectivity index (χ0v) is 15.3. The third kappa shape index (κ3) is 4.68. The van der Waals surface area contributed by atoms with Crippen molar-refractivity contribution in [3.05, 3.63) is 67.2 Å². The number of ether oxygens (including phenoxy) is 1. The molecule has 0 radical (unpaired) electrons. The van der Waals surface area contributed by atoms with Crippen molar-refractivity contribution in [2.75, 3.05) is 0 Å². The molecule has 1 aromatic carbocycles. The third-order valence-electron chi connectivity index (χ3n) is 4.12. The van der Waals surface area contributed by atoms with E-state index in [4.69, 9.17) is 4.74 Å². The lowest BCUT2D eigenvalue weighted by molar-refractivity contribution is -0.146. The van der Waals surface area contributed by atoms with Crippen LogP contribution in [0.4, 0.5) is 0 Å². The predicted octanol–water partition coefficient (Wildman–Crippen LogP) is 2.19. The largest absolute Gasteiger partial charge is 0.459 e. The fourth-order valence-electron chi connectivity index (χ4n) is 2.56. The van der Waals surface area contributed by atoms with E-state index in [1.54, 1.807) is 0 Å². The predicted molar refractivity (Wildman–Crippen MR) is 95.7 cm³/mol. The van der Waals surface area contributed by atoms with Gasteiger partial charge >= 0.3 is 5.97 Å². The first-order valence-corrected chi connectivity index (χ1v) is 8.14. The van der Waals surface area contributed by atoms with E-state index >= 15 is 0 Å². The number of aromatic nitrogens is 2. The number of aryl methyl sites for hydroxylation is 2. The summed E-state index contributed by atoms with van der Waals surface area (Å²) in [7, 11) is 0. The minimum absolute atomic E-state index is 0.0467. The molecule has 134 valence electrons. The van der Waals surface area contributed by atoms with Crippen LogP contribution < -0.4 is 11.1 Å². The van der Waals surface area contributed by atoms with Crippen LogP contribution in [0.2, 0.25) is 0 Å². The van der Waals surface area contributed by atoms with Gasteiger partial charge in [0.15, 0.2) is 0 Å². The SMILES string of the molecule is Cc1cc(C(C)(C)C)cc(C)c1COC(=O)Cn1[nH]c(=O)ccc1=O. The van der Waals surface area contributed by atoms with E-state index in [9.17, 15) is 14.4 Å². The maximum absolute atomic E-state index is 12.0. The summed E-state index contributed by atoms with van der Waals surface area (Å²) in [5.74, 6) is -0.581. The van der Waals surface area contributed by atoms with E-state index in [-0.39, 0.29) is 18.6 Å². The summed E-state index contributed by atoms with van der Waals surface area (Å²) < 4.78 is 6.23. The standard InChI is InChI=1S/C19H24N2O4/c1-12-8-14(19(3,4)5)9-13(2)15(12)11-25-18(24)10-21-17(23)7-6-16(22)20-21/h6-9H,10-11H2,1-5H3,(H,20,22). The first-order valence-electron chi connectivity index (χ1n) is 8.14. The van der Waals surface area contributed by atoms with Crippen LogP contribution in [0, 0.1) is 13.8 Å². The van der Waals surface area contributed by atoms with Crippen molar-refractivity contribution in [1.29, 1.82) is 0 Å². The van der Waals surface area contributed by atoms with Crippen LogP contribution in [-0.2, 0) is 28.1 Å². The molecular weight excluding hydrogens is 320 g/mol. The molecule has 6 heteroatoms. The number of hydrogen-bond donors (Lipinski definition) is 1. The first kappa shape index (κ1) is 18.7. The summed E-state index contributed by atoms with van der Waals surface area (Å²) in [5.41, 5.74) is 3.44. The molecule has 0 aliphatic rings. The maximum atomic E-state index is 12.0. The average Bonchev–Trinajstić information content (AvgIpc) is 2.49. The molecule has 1 aromatic heterocycles. The summed E-state index contributed by atoms with van der Waals surface area (Å²) in [6, 6.07) is 6.45. The van der Waals surface area contributed by atoms with Gasteiger partial charge in [0.2, 0.25) is 0 Å². The Labute approximate surface area is 146 Å². The Hall–Kier alpha value is -2.63. The molecule has 6 nitrogen and oxygen atoms in total. The van der Waals surface area contributed by atoms with Gasteiger partial charge in [-0.1, -0.05) is 32.9 Å². The van der Waals surface area contributed by atoms with Crippen LogP contribution >= 0.6 is 0 Å². The number of esters is 1. The van der Waals surface area contributed by atoms with Crippen molar-refractivity contribution in [2.45, 2.75) is 53.2 Å². The highest BCUT2D eigenvalue weighted by Crippen LogP contribution is 2.27. The molecule has 25 heavy (non-hydrogen) atoms. The zero-order chi connectivity index (χ0) is 18.8. The van der Waals surface area contributed by atoms with E-state index in [2.05, 4.69) is 38.0 Å². The average molecular weight is 344 g/mol. The zero-order valence-electron chi connectivity index (χ0n) is 15.3. The highest BCUT2D eigenvalue weighted by Gasteiger charge is 2.17. The molecule has 0 amide bonds. The van der Waals surface area contributed by atoms with Gasteiger partial charge in [0.25, 0.3) is 11.1 Å². The molecule has 2 aromatic rings. The summed E-state index contributed by atoms with van der Waals surface area (Å²) in [6.07, 6.45) is 0. The third-order valence-corrected chi connectivity index (χ3v) is 4.12. The Kier molecular flexibility index (Phi) is 5.30. The maximum Gasteiger partial charge on any atom is 0.328 e. The second-order valence-electron chi connectivity index (χ2n) is 7.23. The van der Waals surface area contributed by atoms with Gasteiger partial charge in [0.05, 0.1) is 0 Å². The summed E-state index contributed by atoms with van der Waals surface area (Å²) in [4.78, 5) is 34.8. The number of aromatic amines is 1. The van der Waals surface area contributed by atoms with Crippen molar-refractivity contribution >= 4 is 5.97 Å². The van der Waals surface area contributed by atoms with E-state index in [1.165, 1.54) is 5.56 Å². The van der Waals surface area contributed by atoms with Crippen molar-refractivity contribution < 1.29 is 9.53 Å². The molecule has 0 atom stereocenters. The molecular formula is C19H24N2O4. The van der Waals surface area contributed by atoms with Crippen molar-refractivity contribution in [3.8, 4) is 0 Å². The van der Waals surface area contributed by atoms with Gasteiger partial charge in [-0.05, 0) is 41.5 Å². The highest BCUT2D eigenvalue weighted by atomic mass is 16.5. The number of H-pyrrole nitrogens is 1. The van der Waals surface area contributed by atoms with Gasteiger partial charge in [0.1, 0.15) is 13.2 Å². The Morgan fingerprint density at radius 3 is 2.28 bits per heavy atom. The summed E-state index contributed by atoms with van der Waals surface area (Å²) >= 11 is 0. The van der Waals surface area contributed by atoms with E-state index in [0.717, 1.165) is 33.5 Å². The van der Waals surface area contributed by atoms with Gasteiger partial charge in [-0.15, -0.1) is 0 Å². The number of hydrogen-bond acceptors (Lipinski definition) is 4. The van der Waals surface area contributed by atoms with Gasteiger partial charge < -0.3 is 4.74 Å². The molecule has 0 aliphatic carbocycles. The Morgan fingerprint density at radius 1 is 1.12 bits per heavy atom. The van der Waals surface area contributed by atoms with Crippen LogP contribution in [-0.4, -0.2) is 15.7 Å². The Bertz CT molecular complexity index is 878. The lowest BCUT2D eigenvalue weighted by atomic mass is 9.84. The Balaban J connectivity index is 2.11. The van der Waals surface area contributed by atoms with Gasteiger partial charge in [0, 0.05) is 12.1 Å². The second kappa shape index (κ2) is 7.09. The van der Waals surface area contributed by atoms with Crippen LogP contribution in [0.5, 0.6) is 0 Å². The number of nitrogens with zero attached hydrogens (tertiary/aromatic N) is 1. The smallest absolute Gasteiger partial charge is 0.328 e. The van der Waals surface area contributed by atoms with E-state index in [0.29, 0.717) is 0 Å². The molecule has 0 bridgehead atoms. The van der Waals surface area contributed by atoms with Crippen molar-refractivity contribution in [2.24, 2.45) is 0 Å². The van der Waals surface area contributed by atoms with E-state index in [1.807, 2.05) is 13.8 Å². The summed E-state index contributed by atoms with van der Waals surface area (Å²) in [6.45, 7) is 10.2. The monoisotopic (exact) mass is 344 g/mol. The highest BCUT2D eigenvalue weighted by molar-refractivity contribution is 5.69. The molecule has 0 saturated heterocycles. The van der Waals surface area contributed by atoms with E-state index < -0.39 is 17.1 Å². The molecule has 0 spiro atoms. The van der Waals surface area contributed by atoms with Gasteiger partial charge in [-0.2, -0.15) is 0 Å². The minimum atomic E-state index is -0.581. The van der Waals surface area contributed by atoms with Crippen LogP contribution in [0.25, 0.3) is 0 Å². The number of carbonyl (C=O) groups is 1. The van der Waals surface area contributed by atoms with Gasteiger partial charge in [-0.3, -0.25) is 19.5 Å². The molecule has 2 rings (SSSR count). The number of carbonyl (C=O) groups excluding carboxylic acids is 1. The molecule has 0 aliphatic heterocycles. The molecule has 0 unspecified atom stereocenters. The molecule has 1 heterocycles. The number of benzene rings is 1. The van der Waals surface area contributed by atoms with Gasteiger partial charge in [-0.25, -0.2) is 4.68 Å². The van der Waals surface area contributed by atoms with Crippen LogP contribution in [0.3, 0.4) is 0 Å². The molecule has 0 saturated carbocycles. The first-order chi connectivity index (χ1) is 11.6.